The van der Waals surface area contributed by atoms with Crippen LogP contribution in [-0.4, -0.2) is 71.7 Å². The lowest BCUT2D eigenvalue weighted by molar-refractivity contribution is -0.139. The first-order valence-corrected chi connectivity index (χ1v) is 10.7. The Labute approximate surface area is 171 Å². The van der Waals surface area contributed by atoms with Crippen molar-refractivity contribution < 1.29 is 37.4 Å². The molecule has 29 heavy (non-hydrogen) atoms. The van der Waals surface area contributed by atoms with E-state index >= 15 is 0 Å². The Morgan fingerprint density at radius 1 is 1.17 bits per heavy atom. The molecule has 1 aliphatic heterocycles. The number of hydrogen-bond donors (Lipinski definition) is 0. The first-order valence-electron chi connectivity index (χ1n) is 9.11. The molecule has 0 bridgehead atoms. The zero-order chi connectivity index (χ0) is 21.3. The summed E-state index contributed by atoms with van der Waals surface area (Å²) in [7, 11) is 0.335. The smallest absolute Gasteiger partial charge is 0.368 e. The molecule has 1 atom stereocenters. The van der Waals surface area contributed by atoms with Crippen LogP contribution in [0.2, 0.25) is 0 Å². The predicted molar refractivity (Wildman–Crippen MR) is 106 cm³/mol. The highest BCUT2D eigenvalue weighted by Gasteiger charge is 2.34. The van der Waals surface area contributed by atoms with E-state index in [1.54, 1.807) is 18.2 Å². The zero-order valence-corrected chi connectivity index (χ0v) is 17.9. The number of morpholine rings is 1. The van der Waals surface area contributed by atoms with Gasteiger partial charge in [0.25, 0.3) is 0 Å². The van der Waals surface area contributed by atoms with Crippen molar-refractivity contribution in [1.82, 2.24) is 4.90 Å². The van der Waals surface area contributed by atoms with Crippen LogP contribution in [0.25, 0.3) is 0 Å². The number of carbonyl (C=O) groups excluding carboxylic acids is 1. The highest BCUT2D eigenvalue weighted by Crippen LogP contribution is 2.55. The maximum absolute atomic E-state index is 12.9. The highest BCUT2D eigenvalue weighted by molar-refractivity contribution is 7.59. The summed E-state index contributed by atoms with van der Waals surface area (Å²) >= 11 is 0. The molecule has 0 aromatic heterocycles. The number of ether oxygens (including phenoxy) is 4. The van der Waals surface area contributed by atoms with Crippen LogP contribution >= 0.6 is 7.60 Å². The lowest BCUT2D eigenvalue weighted by Gasteiger charge is -2.26. The molecule has 0 saturated carbocycles. The Morgan fingerprint density at radius 3 is 2.48 bits per heavy atom. The van der Waals surface area contributed by atoms with Crippen LogP contribution in [0.5, 0.6) is 11.5 Å². The van der Waals surface area contributed by atoms with Gasteiger partial charge in [-0.25, -0.2) is 4.79 Å². The monoisotopic (exact) mass is 429 g/mol. The molecule has 0 N–H and O–H groups in total. The molecule has 1 saturated heterocycles. The Hall–Kier alpha value is -1.90. The van der Waals surface area contributed by atoms with Gasteiger partial charge in [0, 0.05) is 26.7 Å². The Morgan fingerprint density at radius 2 is 1.86 bits per heavy atom. The molecule has 1 aliphatic rings. The van der Waals surface area contributed by atoms with Crippen LogP contribution in [0.1, 0.15) is 5.56 Å². The van der Waals surface area contributed by atoms with Crippen molar-refractivity contribution in [3.05, 3.63) is 35.7 Å². The molecule has 0 aliphatic carbocycles. The average molecular weight is 429 g/mol. The van der Waals surface area contributed by atoms with Gasteiger partial charge < -0.3 is 28.0 Å². The van der Waals surface area contributed by atoms with Crippen molar-refractivity contribution >= 4 is 13.6 Å². The second-order valence-corrected chi connectivity index (χ2v) is 8.34. The van der Waals surface area contributed by atoms with Crippen molar-refractivity contribution in [2.75, 3.05) is 60.8 Å². The lowest BCUT2D eigenvalue weighted by Crippen LogP contribution is -2.38. The van der Waals surface area contributed by atoms with Crippen LogP contribution in [0.4, 0.5) is 0 Å². The van der Waals surface area contributed by atoms with Crippen LogP contribution in [0.15, 0.2) is 30.1 Å². The molecule has 10 heteroatoms. The van der Waals surface area contributed by atoms with E-state index in [4.69, 9.17) is 28.0 Å². The maximum Gasteiger partial charge on any atom is 0.368 e. The maximum atomic E-state index is 12.9. The van der Waals surface area contributed by atoms with E-state index in [-0.39, 0.29) is 18.5 Å². The number of benzene rings is 1. The topological polar surface area (TPSA) is 92.8 Å². The number of carbonyl (C=O) groups is 1. The Bertz CT molecular complexity index is 748. The van der Waals surface area contributed by atoms with E-state index in [1.807, 2.05) is 0 Å². The van der Waals surface area contributed by atoms with Crippen LogP contribution in [0.3, 0.4) is 0 Å². The fourth-order valence-electron chi connectivity index (χ4n) is 2.66. The summed E-state index contributed by atoms with van der Waals surface area (Å²) in [6.45, 7) is 7.08. The van der Waals surface area contributed by atoms with Gasteiger partial charge in [0.15, 0.2) is 11.5 Å². The third-order valence-electron chi connectivity index (χ3n) is 4.40. The van der Waals surface area contributed by atoms with Crippen molar-refractivity contribution in [1.29, 1.82) is 0 Å². The molecule has 1 heterocycles. The van der Waals surface area contributed by atoms with Gasteiger partial charge in [-0.15, -0.1) is 0 Å². The van der Waals surface area contributed by atoms with Gasteiger partial charge in [0.2, 0.25) is 0 Å². The van der Waals surface area contributed by atoms with Gasteiger partial charge in [-0.1, -0.05) is 12.6 Å². The third kappa shape index (κ3) is 6.55. The van der Waals surface area contributed by atoms with E-state index in [0.717, 1.165) is 13.1 Å². The molecule has 1 unspecified atom stereocenters. The summed E-state index contributed by atoms with van der Waals surface area (Å²) in [5.74, 6) is 0.248. The van der Waals surface area contributed by atoms with Crippen LogP contribution in [0, 0.1) is 0 Å². The number of hydrogen-bond acceptors (Lipinski definition) is 9. The quantitative estimate of drug-likeness (QED) is 0.299. The number of rotatable bonds is 11. The van der Waals surface area contributed by atoms with Gasteiger partial charge >= 0.3 is 13.6 Å². The fraction of sp³-hybridized carbons (Fsp3) is 0.526. The Balaban J connectivity index is 1.90. The van der Waals surface area contributed by atoms with Crippen molar-refractivity contribution in [3.8, 4) is 11.5 Å². The predicted octanol–water partition coefficient (Wildman–Crippen LogP) is 2.45. The molecular weight excluding hydrogens is 401 g/mol. The SMILES string of the molecule is C=C(C(=O)OCCN1CCOCC1)P(=O)(OC)OCc1ccc(OC)c(OC)c1. The first kappa shape index (κ1) is 23.4. The number of esters is 1. The van der Waals surface area contributed by atoms with Crippen molar-refractivity contribution in [3.63, 3.8) is 0 Å². The number of methoxy groups -OCH3 is 2. The molecule has 0 amide bonds. The van der Waals surface area contributed by atoms with E-state index in [0.29, 0.717) is 36.8 Å². The molecule has 9 nitrogen and oxygen atoms in total. The standard InChI is InChI=1S/C19H28NO8P/c1-15(19(21)27-12-9-20-7-10-26-11-8-20)29(22,25-4)28-14-16-5-6-17(23-2)18(13-16)24-3/h5-6,13H,1,7-12,14H2,2-4H3. The molecule has 1 fully saturated rings. The molecule has 0 spiro atoms. The average Bonchev–Trinajstić information content (AvgIpc) is 2.77. The summed E-state index contributed by atoms with van der Waals surface area (Å²) in [5.41, 5.74) is 0.661. The summed E-state index contributed by atoms with van der Waals surface area (Å²) < 4.78 is 44.2. The van der Waals surface area contributed by atoms with E-state index in [1.165, 1.54) is 21.3 Å². The van der Waals surface area contributed by atoms with Gasteiger partial charge in [0.1, 0.15) is 11.9 Å². The van der Waals surface area contributed by atoms with Gasteiger partial charge in [0.05, 0.1) is 34.0 Å². The molecular formula is C19H28NO8P. The van der Waals surface area contributed by atoms with Crippen LogP contribution in [-0.2, 0) is 34.5 Å². The molecule has 162 valence electrons. The van der Waals surface area contributed by atoms with Crippen LogP contribution < -0.4 is 9.47 Å². The van der Waals surface area contributed by atoms with Gasteiger partial charge in [-0.2, -0.15) is 0 Å². The lowest BCUT2D eigenvalue weighted by atomic mass is 10.2. The van der Waals surface area contributed by atoms with E-state index in [2.05, 4.69) is 11.5 Å². The first-order chi connectivity index (χ1) is 13.9. The fourth-order valence-corrected chi connectivity index (χ4v) is 3.75. The van der Waals surface area contributed by atoms with E-state index < -0.39 is 13.6 Å². The largest absolute Gasteiger partial charge is 0.493 e. The zero-order valence-electron chi connectivity index (χ0n) is 17.0. The minimum Gasteiger partial charge on any atom is -0.493 e. The summed E-state index contributed by atoms with van der Waals surface area (Å²) in [6.07, 6.45) is 0. The summed E-state index contributed by atoms with van der Waals surface area (Å²) in [5, 5.41) is -0.345. The van der Waals surface area contributed by atoms with E-state index in [9.17, 15) is 9.36 Å². The molecule has 2 rings (SSSR count). The molecule has 1 aromatic rings. The van der Waals surface area contributed by atoms with Crippen molar-refractivity contribution in [2.24, 2.45) is 0 Å². The third-order valence-corrected chi connectivity index (χ3v) is 6.19. The van der Waals surface area contributed by atoms with Crippen molar-refractivity contribution in [2.45, 2.75) is 6.61 Å². The Kier molecular flexibility index (Phi) is 9.13. The summed E-state index contributed by atoms with van der Waals surface area (Å²) in [4.78, 5) is 14.4. The summed E-state index contributed by atoms with van der Waals surface area (Å²) in [6, 6.07) is 5.11. The van der Waals surface area contributed by atoms with Gasteiger partial charge in [-0.3, -0.25) is 9.46 Å². The van der Waals surface area contributed by atoms with Gasteiger partial charge in [-0.05, 0) is 17.7 Å². The second-order valence-electron chi connectivity index (χ2n) is 6.18. The molecule has 0 radical (unpaired) electrons. The minimum atomic E-state index is -3.90. The molecule has 1 aromatic carbocycles. The highest BCUT2D eigenvalue weighted by atomic mass is 31.2. The second kappa shape index (κ2) is 11.3. The normalized spacial score (nSPS) is 16.7. The minimum absolute atomic E-state index is 0.0778. The number of nitrogens with zero attached hydrogens (tertiary/aromatic N) is 1.